The Morgan fingerprint density at radius 2 is 1.66 bits per heavy atom. The first-order valence-electron chi connectivity index (χ1n) is 10.3. The summed E-state index contributed by atoms with van der Waals surface area (Å²) in [5, 5.41) is 2.67. The van der Waals surface area contributed by atoms with Crippen molar-refractivity contribution in [3.05, 3.63) is 60.2 Å². The van der Waals surface area contributed by atoms with Gasteiger partial charge >= 0.3 is 12.3 Å². The molecule has 0 unspecified atom stereocenters. The van der Waals surface area contributed by atoms with E-state index in [1.807, 2.05) is 35.2 Å². The highest BCUT2D eigenvalue weighted by atomic mass is 19.4. The van der Waals surface area contributed by atoms with Crippen LogP contribution in [-0.4, -0.2) is 49.4 Å². The number of ether oxygens (including phenoxy) is 2. The fourth-order valence-electron chi connectivity index (χ4n) is 3.87. The molecule has 2 aromatic carbocycles. The lowest BCUT2D eigenvalue weighted by Gasteiger charge is -2.40. The highest BCUT2D eigenvalue weighted by Crippen LogP contribution is 2.37. The number of hydrogen-bond acceptors (Lipinski definition) is 5. The van der Waals surface area contributed by atoms with Crippen molar-refractivity contribution in [1.29, 1.82) is 0 Å². The zero-order valence-corrected chi connectivity index (χ0v) is 17.7. The number of esters is 1. The second-order valence-electron chi connectivity index (χ2n) is 7.57. The molecule has 3 rings (SSSR count). The Kier molecular flexibility index (Phi) is 7.40. The molecule has 0 aliphatic carbocycles. The van der Waals surface area contributed by atoms with E-state index in [4.69, 9.17) is 4.74 Å². The third-order valence-corrected chi connectivity index (χ3v) is 5.44. The predicted molar refractivity (Wildman–Crippen MR) is 112 cm³/mol. The fourth-order valence-corrected chi connectivity index (χ4v) is 3.87. The molecule has 0 atom stereocenters. The SMILES string of the molecule is CCOC(=O)C1(c2ccccc2)CCN(CC(=O)Nc2ccc(OC(F)(F)F)cc2)CC1. The molecule has 0 saturated carbocycles. The van der Waals surface area contributed by atoms with Crippen LogP contribution in [0.5, 0.6) is 5.75 Å². The summed E-state index contributed by atoms with van der Waals surface area (Å²) in [4.78, 5) is 27.2. The maximum atomic E-state index is 12.8. The molecule has 172 valence electrons. The zero-order chi connectivity index (χ0) is 23.2. The van der Waals surface area contributed by atoms with Crippen molar-refractivity contribution in [2.24, 2.45) is 0 Å². The molecule has 0 bridgehead atoms. The molecule has 1 aliphatic heterocycles. The van der Waals surface area contributed by atoms with Gasteiger partial charge in [-0.1, -0.05) is 30.3 Å². The maximum Gasteiger partial charge on any atom is 0.573 e. The van der Waals surface area contributed by atoms with Gasteiger partial charge in [-0.05, 0) is 49.6 Å². The van der Waals surface area contributed by atoms with Gasteiger partial charge < -0.3 is 14.8 Å². The van der Waals surface area contributed by atoms with Gasteiger partial charge in [0.05, 0.1) is 18.6 Å². The molecule has 32 heavy (non-hydrogen) atoms. The number of carbonyl (C=O) groups is 2. The number of amides is 1. The average molecular weight is 450 g/mol. The van der Waals surface area contributed by atoms with Gasteiger partial charge in [0, 0.05) is 18.8 Å². The summed E-state index contributed by atoms with van der Waals surface area (Å²) < 4.78 is 45.9. The monoisotopic (exact) mass is 450 g/mol. The first-order valence-corrected chi connectivity index (χ1v) is 10.3. The van der Waals surface area contributed by atoms with Gasteiger partial charge in [0.25, 0.3) is 0 Å². The summed E-state index contributed by atoms with van der Waals surface area (Å²) in [5.74, 6) is -0.906. The van der Waals surface area contributed by atoms with Crippen LogP contribution in [-0.2, 0) is 19.7 Å². The third kappa shape index (κ3) is 6.00. The summed E-state index contributed by atoms with van der Waals surface area (Å²) >= 11 is 0. The van der Waals surface area contributed by atoms with Crippen LogP contribution in [0, 0.1) is 0 Å². The van der Waals surface area contributed by atoms with Crippen LogP contribution in [0.1, 0.15) is 25.3 Å². The lowest BCUT2D eigenvalue weighted by Crippen LogP contribution is -2.49. The molecular formula is C23H25F3N2O4. The van der Waals surface area contributed by atoms with Crippen LogP contribution < -0.4 is 10.1 Å². The van der Waals surface area contributed by atoms with Crippen molar-refractivity contribution >= 4 is 17.6 Å². The summed E-state index contributed by atoms with van der Waals surface area (Å²) in [5.41, 5.74) is 0.536. The van der Waals surface area contributed by atoms with Crippen LogP contribution in [0.4, 0.5) is 18.9 Å². The van der Waals surface area contributed by atoms with E-state index in [0.717, 1.165) is 17.7 Å². The number of alkyl halides is 3. The van der Waals surface area contributed by atoms with Crippen molar-refractivity contribution in [2.45, 2.75) is 31.5 Å². The quantitative estimate of drug-likeness (QED) is 0.643. The van der Waals surface area contributed by atoms with Crippen molar-refractivity contribution < 1.29 is 32.2 Å². The first-order chi connectivity index (χ1) is 15.2. The molecule has 1 amide bonds. The van der Waals surface area contributed by atoms with Gasteiger partial charge in [0.15, 0.2) is 0 Å². The second kappa shape index (κ2) is 10.0. The lowest BCUT2D eigenvalue weighted by atomic mass is 9.72. The normalized spacial score (nSPS) is 16.2. The van der Waals surface area contributed by atoms with Crippen LogP contribution in [0.3, 0.4) is 0 Å². The number of nitrogens with zero attached hydrogens (tertiary/aromatic N) is 1. The minimum absolute atomic E-state index is 0.106. The third-order valence-electron chi connectivity index (χ3n) is 5.44. The van der Waals surface area contributed by atoms with E-state index in [2.05, 4.69) is 10.1 Å². The molecule has 1 saturated heterocycles. The molecule has 0 spiro atoms. The van der Waals surface area contributed by atoms with Crippen LogP contribution >= 0.6 is 0 Å². The van der Waals surface area contributed by atoms with E-state index >= 15 is 0 Å². The Bertz CT molecular complexity index is 909. The van der Waals surface area contributed by atoms with Gasteiger partial charge in [-0.15, -0.1) is 13.2 Å². The Balaban J connectivity index is 1.57. The first kappa shape index (κ1) is 23.6. The summed E-state index contributed by atoms with van der Waals surface area (Å²) in [6, 6.07) is 14.5. The number of halogens is 3. The van der Waals surface area contributed by atoms with Crippen molar-refractivity contribution in [1.82, 2.24) is 4.90 Å². The Morgan fingerprint density at radius 1 is 1.03 bits per heavy atom. The van der Waals surface area contributed by atoms with Crippen molar-refractivity contribution in [2.75, 3.05) is 31.6 Å². The number of hydrogen-bond donors (Lipinski definition) is 1. The van der Waals surface area contributed by atoms with E-state index < -0.39 is 11.8 Å². The largest absolute Gasteiger partial charge is 0.573 e. The van der Waals surface area contributed by atoms with Gasteiger partial charge in [0.2, 0.25) is 5.91 Å². The van der Waals surface area contributed by atoms with Gasteiger partial charge in [0.1, 0.15) is 5.75 Å². The minimum Gasteiger partial charge on any atom is -0.465 e. The smallest absolute Gasteiger partial charge is 0.465 e. The zero-order valence-electron chi connectivity index (χ0n) is 17.7. The standard InChI is InChI=1S/C23H25F3N2O4/c1-2-31-21(30)22(17-6-4-3-5-7-17)12-14-28(15-13-22)16-20(29)27-18-8-10-19(11-9-18)32-23(24,25)26/h3-11H,2,12-16H2,1H3,(H,27,29). The minimum atomic E-state index is -4.77. The van der Waals surface area contributed by atoms with E-state index in [-0.39, 0.29) is 24.2 Å². The van der Waals surface area contributed by atoms with Crippen LogP contribution in [0.2, 0.25) is 0 Å². The number of rotatable bonds is 7. The summed E-state index contributed by atoms with van der Waals surface area (Å²) in [6.07, 6.45) is -3.73. The number of nitrogens with one attached hydrogen (secondary N) is 1. The van der Waals surface area contributed by atoms with Crippen LogP contribution in [0.15, 0.2) is 54.6 Å². The van der Waals surface area contributed by atoms with E-state index in [9.17, 15) is 22.8 Å². The van der Waals surface area contributed by atoms with Crippen molar-refractivity contribution in [3.8, 4) is 5.75 Å². The highest BCUT2D eigenvalue weighted by Gasteiger charge is 2.44. The molecule has 9 heteroatoms. The number of piperidine rings is 1. The summed E-state index contributed by atoms with van der Waals surface area (Å²) in [7, 11) is 0. The van der Waals surface area contributed by atoms with E-state index in [1.165, 1.54) is 12.1 Å². The van der Waals surface area contributed by atoms with E-state index in [0.29, 0.717) is 38.2 Å². The molecule has 2 aromatic rings. The average Bonchev–Trinajstić information content (AvgIpc) is 2.75. The predicted octanol–water partition coefficient (Wildman–Crippen LogP) is 4.12. The molecule has 0 radical (unpaired) electrons. The molecule has 1 heterocycles. The number of likely N-dealkylation sites (tertiary alicyclic amines) is 1. The molecule has 6 nitrogen and oxygen atoms in total. The fraction of sp³-hybridized carbons (Fsp3) is 0.391. The highest BCUT2D eigenvalue weighted by molar-refractivity contribution is 5.92. The molecular weight excluding hydrogens is 425 g/mol. The lowest BCUT2D eigenvalue weighted by molar-refractivity contribution is -0.274. The number of anilines is 1. The Labute approximate surface area is 184 Å². The number of carbonyl (C=O) groups excluding carboxylic acids is 2. The van der Waals surface area contributed by atoms with Gasteiger partial charge in [-0.25, -0.2) is 0 Å². The van der Waals surface area contributed by atoms with E-state index in [1.54, 1.807) is 6.92 Å². The van der Waals surface area contributed by atoms with Crippen molar-refractivity contribution in [3.63, 3.8) is 0 Å². The topological polar surface area (TPSA) is 67.9 Å². The van der Waals surface area contributed by atoms with Gasteiger partial charge in [-0.2, -0.15) is 0 Å². The van der Waals surface area contributed by atoms with Crippen LogP contribution in [0.25, 0.3) is 0 Å². The maximum absolute atomic E-state index is 12.8. The molecule has 1 fully saturated rings. The Morgan fingerprint density at radius 3 is 2.22 bits per heavy atom. The van der Waals surface area contributed by atoms with Gasteiger partial charge in [-0.3, -0.25) is 14.5 Å². The second-order valence-corrected chi connectivity index (χ2v) is 7.57. The Hall–Kier alpha value is -3.07. The molecule has 1 N–H and O–H groups in total. The number of benzene rings is 2. The molecule has 1 aliphatic rings. The molecule has 0 aromatic heterocycles. The summed E-state index contributed by atoms with van der Waals surface area (Å²) in [6.45, 7) is 3.23.